The summed E-state index contributed by atoms with van der Waals surface area (Å²) in [5.41, 5.74) is 1.14. The van der Waals surface area contributed by atoms with Crippen molar-refractivity contribution in [2.45, 2.75) is 125 Å². The molecule has 0 aromatic carbocycles. The van der Waals surface area contributed by atoms with Crippen molar-refractivity contribution in [1.29, 1.82) is 0 Å². The Morgan fingerprint density at radius 3 is 2.38 bits per heavy atom. The predicted molar refractivity (Wildman–Crippen MR) is 152 cm³/mol. The van der Waals surface area contributed by atoms with Gasteiger partial charge in [-0.05, 0) is 111 Å². The smallest absolute Gasteiger partial charge is 0.312 e. The van der Waals surface area contributed by atoms with Gasteiger partial charge in [-0.15, -0.1) is 0 Å². The van der Waals surface area contributed by atoms with Crippen LogP contribution < -0.4 is 0 Å². The molecular formula is C34H54O5. The number of fused-ring (bicyclic) bond motifs is 9. The maximum Gasteiger partial charge on any atom is 0.312 e. The number of aliphatic hydroxyl groups excluding tert-OH is 1. The Kier molecular flexibility index (Phi) is 6.20. The first-order chi connectivity index (χ1) is 18.1. The van der Waals surface area contributed by atoms with Crippen molar-refractivity contribution in [2.24, 2.45) is 56.7 Å². The summed E-state index contributed by atoms with van der Waals surface area (Å²) in [6.07, 6.45) is 10.1. The highest BCUT2D eigenvalue weighted by Crippen LogP contribution is 2.76. The Morgan fingerprint density at radius 1 is 0.974 bits per heavy atom. The van der Waals surface area contributed by atoms with Gasteiger partial charge >= 0.3 is 5.97 Å². The first-order valence-electron chi connectivity index (χ1n) is 15.9. The van der Waals surface area contributed by atoms with Gasteiger partial charge in [0.2, 0.25) is 0 Å². The summed E-state index contributed by atoms with van der Waals surface area (Å²) in [5.74, 6) is 1.62. The lowest BCUT2D eigenvalue weighted by Gasteiger charge is -2.72. The number of hydrogen-bond acceptors (Lipinski definition) is 5. The van der Waals surface area contributed by atoms with E-state index in [0.29, 0.717) is 30.3 Å². The van der Waals surface area contributed by atoms with E-state index in [1.807, 2.05) is 13.8 Å². The topological polar surface area (TPSA) is 65.0 Å². The molecule has 39 heavy (non-hydrogen) atoms. The van der Waals surface area contributed by atoms with E-state index in [0.717, 1.165) is 44.9 Å². The van der Waals surface area contributed by atoms with Gasteiger partial charge in [-0.1, -0.05) is 53.2 Å². The van der Waals surface area contributed by atoms with E-state index in [-0.39, 0.29) is 45.1 Å². The summed E-state index contributed by atoms with van der Waals surface area (Å²) in [6, 6.07) is 0. The van der Waals surface area contributed by atoms with Crippen molar-refractivity contribution in [3.05, 3.63) is 11.6 Å². The number of methoxy groups -OCH3 is 1. The largest absolute Gasteiger partial charge is 0.469 e. The number of rotatable bonds is 1. The molecule has 6 aliphatic rings. The van der Waals surface area contributed by atoms with E-state index in [1.54, 1.807) is 12.7 Å². The first kappa shape index (κ1) is 28.2. The summed E-state index contributed by atoms with van der Waals surface area (Å²) in [4.78, 5) is 13.5. The highest BCUT2D eigenvalue weighted by Gasteiger charge is 2.72. The molecule has 1 saturated heterocycles. The summed E-state index contributed by atoms with van der Waals surface area (Å²) in [6.45, 7) is 19.3. The molecule has 4 saturated carbocycles. The molecule has 12 atom stereocenters. The van der Waals surface area contributed by atoms with Crippen molar-refractivity contribution in [1.82, 2.24) is 0 Å². The molecule has 0 bridgehead atoms. The van der Waals surface area contributed by atoms with Gasteiger partial charge < -0.3 is 19.3 Å². The third-order valence-corrected chi connectivity index (χ3v) is 14.4. The van der Waals surface area contributed by atoms with Gasteiger partial charge in [-0.2, -0.15) is 0 Å². The molecule has 6 unspecified atom stereocenters. The predicted octanol–water partition coefficient (Wildman–Crippen LogP) is 6.92. The molecule has 0 spiro atoms. The SMILES string of the molecule is COC(=O)[C@]12CC[C@@H](C)[C@H](C)C1C1=CCC3[C@@]4(C)CC(O)C5OC(C)(C)OCC5(C)C4CC[C@@]3(C)[C@]1(C)CC2. The first-order valence-corrected chi connectivity index (χ1v) is 15.9. The fourth-order valence-corrected chi connectivity index (χ4v) is 12.0. The van der Waals surface area contributed by atoms with Crippen LogP contribution in [-0.2, 0) is 19.0 Å². The average Bonchev–Trinajstić information content (AvgIpc) is 2.87. The Bertz CT molecular complexity index is 1070. The van der Waals surface area contributed by atoms with Gasteiger partial charge in [0.25, 0.3) is 0 Å². The minimum atomic E-state index is -0.653. The maximum absolute atomic E-state index is 13.5. The summed E-state index contributed by atoms with van der Waals surface area (Å²) < 4.78 is 18.3. The van der Waals surface area contributed by atoms with Crippen LogP contribution >= 0.6 is 0 Å². The number of esters is 1. The van der Waals surface area contributed by atoms with Crippen molar-refractivity contribution in [2.75, 3.05) is 13.7 Å². The van der Waals surface area contributed by atoms with E-state index in [2.05, 4.69) is 47.6 Å². The number of aliphatic hydroxyl groups is 1. The van der Waals surface area contributed by atoms with Crippen LogP contribution in [0.4, 0.5) is 0 Å². The van der Waals surface area contributed by atoms with E-state index in [1.165, 1.54) is 6.42 Å². The molecule has 6 rings (SSSR count). The second-order valence-corrected chi connectivity index (χ2v) is 16.3. The molecule has 5 fully saturated rings. The number of allylic oxidation sites excluding steroid dienone is 2. The molecule has 1 aliphatic heterocycles. The van der Waals surface area contributed by atoms with Gasteiger partial charge in [0.1, 0.15) is 0 Å². The lowest BCUT2D eigenvalue weighted by atomic mass is 9.33. The van der Waals surface area contributed by atoms with Crippen LogP contribution in [0.15, 0.2) is 11.6 Å². The van der Waals surface area contributed by atoms with Gasteiger partial charge in [0.15, 0.2) is 5.79 Å². The molecule has 1 N–H and O–H groups in total. The zero-order valence-electron chi connectivity index (χ0n) is 26.1. The normalized spacial score (nSPS) is 56.1. The van der Waals surface area contributed by atoms with Crippen LogP contribution in [-0.4, -0.2) is 42.8 Å². The van der Waals surface area contributed by atoms with E-state index < -0.39 is 11.9 Å². The number of ether oxygens (including phenoxy) is 3. The Balaban J connectivity index is 1.42. The molecule has 5 heteroatoms. The molecule has 1 heterocycles. The van der Waals surface area contributed by atoms with Crippen molar-refractivity contribution in [3.63, 3.8) is 0 Å². The number of carbonyl (C=O) groups is 1. The molecule has 220 valence electrons. The summed E-state index contributed by atoms with van der Waals surface area (Å²) in [5, 5.41) is 11.7. The Morgan fingerprint density at radius 2 is 1.69 bits per heavy atom. The van der Waals surface area contributed by atoms with E-state index in [9.17, 15) is 9.90 Å². The third-order valence-electron chi connectivity index (χ3n) is 14.4. The van der Waals surface area contributed by atoms with Crippen LogP contribution in [0.3, 0.4) is 0 Å². The molecule has 0 aromatic heterocycles. The van der Waals surface area contributed by atoms with Crippen LogP contribution in [0.5, 0.6) is 0 Å². The average molecular weight is 543 g/mol. The summed E-state index contributed by atoms with van der Waals surface area (Å²) >= 11 is 0. The molecule has 0 amide bonds. The maximum atomic E-state index is 13.5. The molecule has 0 radical (unpaired) electrons. The lowest BCUT2D eigenvalue weighted by Crippen LogP contribution is -2.70. The fourth-order valence-electron chi connectivity index (χ4n) is 12.0. The minimum absolute atomic E-state index is 0.000727. The fraction of sp³-hybridized carbons (Fsp3) is 0.912. The van der Waals surface area contributed by atoms with Crippen molar-refractivity contribution in [3.8, 4) is 0 Å². The monoisotopic (exact) mass is 542 g/mol. The second-order valence-electron chi connectivity index (χ2n) is 16.3. The van der Waals surface area contributed by atoms with E-state index in [4.69, 9.17) is 14.2 Å². The summed E-state index contributed by atoms with van der Waals surface area (Å²) in [7, 11) is 1.58. The molecule has 0 aromatic rings. The zero-order valence-corrected chi connectivity index (χ0v) is 26.1. The zero-order chi connectivity index (χ0) is 28.4. The van der Waals surface area contributed by atoms with Crippen molar-refractivity contribution < 1.29 is 24.1 Å². The number of carbonyl (C=O) groups excluding carboxylic acids is 1. The Hall–Kier alpha value is -0.910. The van der Waals surface area contributed by atoms with Crippen LogP contribution in [0.1, 0.15) is 107 Å². The molecule has 5 nitrogen and oxygen atoms in total. The van der Waals surface area contributed by atoms with Crippen LogP contribution in [0, 0.1) is 56.7 Å². The highest BCUT2D eigenvalue weighted by atomic mass is 16.7. The Labute approximate surface area is 236 Å². The van der Waals surface area contributed by atoms with Crippen molar-refractivity contribution >= 4 is 5.97 Å². The van der Waals surface area contributed by atoms with Gasteiger partial charge in [-0.3, -0.25) is 4.79 Å². The van der Waals surface area contributed by atoms with Gasteiger partial charge in [0, 0.05) is 5.41 Å². The lowest BCUT2D eigenvalue weighted by molar-refractivity contribution is -0.368. The second kappa shape index (κ2) is 8.57. The van der Waals surface area contributed by atoms with E-state index >= 15 is 0 Å². The van der Waals surface area contributed by atoms with Gasteiger partial charge in [0.05, 0.1) is 31.3 Å². The standard InChI is InChI=1S/C34H54O5/c1-20-12-15-34(28(36)37-9)17-16-32(7)22(26(34)21(20)2)10-11-25-30(5)18-23(35)27-31(6,19-38-29(3,4)39-27)24(30)13-14-33(25,32)8/h10,20-21,23-27,35H,11-19H2,1-9H3/t20-,21+,23?,24?,25?,26?,27?,30+,31?,32-,33-,34+/m1/s1. The minimum Gasteiger partial charge on any atom is -0.469 e. The molecular weight excluding hydrogens is 488 g/mol. The van der Waals surface area contributed by atoms with Crippen LogP contribution in [0.25, 0.3) is 0 Å². The third kappa shape index (κ3) is 3.45. The quantitative estimate of drug-likeness (QED) is 0.288. The molecule has 5 aliphatic carbocycles. The van der Waals surface area contributed by atoms with Crippen LogP contribution in [0.2, 0.25) is 0 Å². The van der Waals surface area contributed by atoms with Gasteiger partial charge in [-0.25, -0.2) is 0 Å². The number of hydrogen-bond donors (Lipinski definition) is 1. The highest BCUT2D eigenvalue weighted by molar-refractivity contribution is 5.78.